The molecule has 2 aliphatic rings. The summed E-state index contributed by atoms with van der Waals surface area (Å²) < 4.78 is 11.3. The normalized spacial score (nSPS) is 21.9. The molecular formula is C15H19NO3. The molecule has 0 aromatic heterocycles. The largest absolute Gasteiger partial charge is 0.486 e. The zero-order valence-corrected chi connectivity index (χ0v) is 11.4. The van der Waals surface area contributed by atoms with Gasteiger partial charge in [-0.15, -0.1) is 0 Å². The third-order valence-electron chi connectivity index (χ3n) is 3.91. The number of rotatable bonds is 2. The number of Topliss-reactive ketones (excluding diaryl/α,β-unsaturated/α-hetero) is 1. The monoisotopic (exact) mass is 261 g/mol. The molecule has 102 valence electrons. The van der Waals surface area contributed by atoms with Crippen LogP contribution in [0.15, 0.2) is 12.1 Å². The van der Waals surface area contributed by atoms with Gasteiger partial charge in [0.2, 0.25) is 0 Å². The second kappa shape index (κ2) is 4.85. The Morgan fingerprint density at radius 1 is 1.32 bits per heavy atom. The van der Waals surface area contributed by atoms with E-state index in [1.807, 2.05) is 0 Å². The topological polar surface area (TPSA) is 38.8 Å². The highest BCUT2D eigenvalue weighted by atomic mass is 16.6. The van der Waals surface area contributed by atoms with E-state index in [1.165, 1.54) is 11.1 Å². The van der Waals surface area contributed by atoms with Gasteiger partial charge in [0.1, 0.15) is 19.0 Å². The van der Waals surface area contributed by atoms with Crippen molar-refractivity contribution in [3.05, 3.63) is 23.3 Å². The minimum Gasteiger partial charge on any atom is -0.486 e. The van der Waals surface area contributed by atoms with Gasteiger partial charge in [0.25, 0.3) is 0 Å². The van der Waals surface area contributed by atoms with Gasteiger partial charge in [-0.3, -0.25) is 9.69 Å². The molecule has 2 heterocycles. The number of carbonyl (C=O) groups is 1. The average molecular weight is 261 g/mol. The number of benzene rings is 1. The van der Waals surface area contributed by atoms with Crippen molar-refractivity contribution >= 4 is 5.78 Å². The van der Waals surface area contributed by atoms with Gasteiger partial charge >= 0.3 is 0 Å². The zero-order valence-electron chi connectivity index (χ0n) is 11.4. The third kappa shape index (κ3) is 2.32. The maximum Gasteiger partial charge on any atom is 0.161 e. The summed E-state index contributed by atoms with van der Waals surface area (Å²) in [5, 5.41) is 0. The van der Waals surface area contributed by atoms with E-state index in [4.69, 9.17) is 9.47 Å². The molecule has 0 N–H and O–H groups in total. The third-order valence-corrected chi connectivity index (χ3v) is 3.91. The molecule has 0 fully saturated rings. The molecule has 1 aromatic carbocycles. The molecule has 0 spiro atoms. The standard InChI is InChI=1S/C15H19NO3/c1-10(17)7-13-12-9-15-14(18-5-6-19-15)8-11(12)3-4-16(13)2/h8-9,13H,3-7H2,1-2H3. The highest BCUT2D eigenvalue weighted by molar-refractivity contribution is 5.76. The molecule has 1 aromatic rings. The first-order chi connectivity index (χ1) is 9.15. The Morgan fingerprint density at radius 2 is 2.00 bits per heavy atom. The molecule has 0 saturated heterocycles. The minimum atomic E-state index is 0.164. The number of ketones is 1. The fourth-order valence-electron chi connectivity index (χ4n) is 2.90. The molecule has 1 atom stereocenters. The van der Waals surface area contributed by atoms with Crippen molar-refractivity contribution in [3.63, 3.8) is 0 Å². The summed E-state index contributed by atoms with van der Waals surface area (Å²) in [6.07, 6.45) is 1.56. The molecule has 0 amide bonds. The van der Waals surface area contributed by atoms with Crippen molar-refractivity contribution in [2.45, 2.75) is 25.8 Å². The van der Waals surface area contributed by atoms with E-state index in [2.05, 4.69) is 24.1 Å². The van der Waals surface area contributed by atoms with Crippen LogP contribution in [0.4, 0.5) is 0 Å². The van der Waals surface area contributed by atoms with Gasteiger partial charge in [-0.1, -0.05) is 0 Å². The van der Waals surface area contributed by atoms with E-state index in [1.54, 1.807) is 6.92 Å². The predicted octanol–water partition coefficient (Wildman–Crippen LogP) is 1.97. The van der Waals surface area contributed by atoms with Crippen LogP contribution in [-0.4, -0.2) is 37.5 Å². The lowest BCUT2D eigenvalue weighted by Gasteiger charge is -2.35. The van der Waals surface area contributed by atoms with Gasteiger partial charge in [-0.05, 0) is 43.7 Å². The molecule has 0 radical (unpaired) electrons. The van der Waals surface area contributed by atoms with Crippen molar-refractivity contribution < 1.29 is 14.3 Å². The van der Waals surface area contributed by atoms with Gasteiger partial charge in [0.15, 0.2) is 11.5 Å². The molecule has 0 aliphatic carbocycles. The number of fused-ring (bicyclic) bond motifs is 2. The first-order valence-corrected chi connectivity index (χ1v) is 6.77. The van der Waals surface area contributed by atoms with Gasteiger partial charge in [0, 0.05) is 19.0 Å². The predicted molar refractivity (Wildman–Crippen MR) is 71.8 cm³/mol. The van der Waals surface area contributed by atoms with Crippen molar-refractivity contribution in [1.82, 2.24) is 4.90 Å². The second-order valence-corrected chi connectivity index (χ2v) is 5.35. The summed E-state index contributed by atoms with van der Waals surface area (Å²) in [7, 11) is 2.08. The van der Waals surface area contributed by atoms with Crippen LogP contribution in [0, 0.1) is 0 Å². The van der Waals surface area contributed by atoms with E-state index in [0.29, 0.717) is 19.6 Å². The Morgan fingerprint density at radius 3 is 2.68 bits per heavy atom. The van der Waals surface area contributed by atoms with E-state index < -0.39 is 0 Å². The highest BCUT2D eigenvalue weighted by Crippen LogP contribution is 2.40. The number of nitrogens with zero attached hydrogens (tertiary/aromatic N) is 1. The Labute approximate surface area is 113 Å². The van der Waals surface area contributed by atoms with Crippen LogP contribution in [-0.2, 0) is 11.2 Å². The number of hydrogen-bond donors (Lipinski definition) is 0. The van der Waals surface area contributed by atoms with Crippen LogP contribution in [0.2, 0.25) is 0 Å². The van der Waals surface area contributed by atoms with Crippen molar-refractivity contribution in [2.24, 2.45) is 0 Å². The summed E-state index contributed by atoms with van der Waals surface area (Å²) in [6, 6.07) is 4.31. The van der Waals surface area contributed by atoms with Crippen molar-refractivity contribution in [3.8, 4) is 11.5 Å². The Balaban J connectivity index is 2.01. The van der Waals surface area contributed by atoms with E-state index >= 15 is 0 Å². The summed E-state index contributed by atoms with van der Waals surface area (Å²) in [6.45, 7) is 3.84. The number of ether oxygens (including phenoxy) is 2. The van der Waals surface area contributed by atoms with E-state index in [0.717, 1.165) is 24.5 Å². The fourth-order valence-corrected chi connectivity index (χ4v) is 2.90. The smallest absolute Gasteiger partial charge is 0.161 e. The van der Waals surface area contributed by atoms with Crippen molar-refractivity contribution in [2.75, 3.05) is 26.8 Å². The molecule has 4 nitrogen and oxygen atoms in total. The zero-order chi connectivity index (χ0) is 13.4. The second-order valence-electron chi connectivity index (χ2n) is 5.35. The van der Waals surface area contributed by atoms with Crippen molar-refractivity contribution in [1.29, 1.82) is 0 Å². The number of carbonyl (C=O) groups excluding carboxylic acids is 1. The lowest BCUT2D eigenvalue weighted by atomic mass is 9.89. The maximum atomic E-state index is 11.5. The van der Waals surface area contributed by atoms with Crippen LogP contribution in [0.25, 0.3) is 0 Å². The molecule has 3 rings (SSSR count). The van der Waals surface area contributed by atoms with E-state index in [-0.39, 0.29) is 11.8 Å². The Bertz CT molecular complexity index is 512. The summed E-state index contributed by atoms with van der Waals surface area (Å²) in [5.74, 6) is 1.88. The number of likely N-dealkylation sites (N-methyl/N-ethyl adjacent to an activating group) is 1. The molecule has 2 aliphatic heterocycles. The van der Waals surface area contributed by atoms with Crippen LogP contribution < -0.4 is 9.47 Å². The van der Waals surface area contributed by atoms with Gasteiger partial charge in [-0.25, -0.2) is 0 Å². The number of hydrogen-bond acceptors (Lipinski definition) is 4. The van der Waals surface area contributed by atoms with Gasteiger partial charge in [0.05, 0.1) is 0 Å². The molecule has 19 heavy (non-hydrogen) atoms. The molecule has 0 saturated carbocycles. The molecule has 4 heteroatoms. The Hall–Kier alpha value is -1.55. The SMILES string of the molecule is CC(=O)CC1c2cc3c(cc2CCN1C)OCCO3. The summed E-state index contributed by atoms with van der Waals surface area (Å²) in [5.41, 5.74) is 2.50. The lowest BCUT2D eigenvalue weighted by Crippen LogP contribution is -2.33. The van der Waals surface area contributed by atoms with Crippen LogP contribution >= 0.6 is 0 Å². The first-order valence-electron chi connectivity index (χ1n) is 6.77. The van der Waals surface area contributed by atoms with Crippen LogP contribution in [0.1, 0.15) is 30.5 Å². The first kappa shape index (κ1) is 12.5. The minimum absolute atomic E-state index is 0.164. The summed E-state index contributed by atoms with van der Waals surface area (Å²) in [4.78, 5) is 13.7. The summed E-state index contributed by atoms with van der Waals surface area (Å²) >= 11 is 0. The average Bonchev–Trinajstić information content (AvgIpc) is 2.40. The quantitative estimate of drug-likeness (QED) is 0.816. The van der Waals surface area contributed by atoms with Gasteiger partial charge < -0.3 is 9.47 Å². The van der Waals surface area contributed by atoms with E-state index in [9.17, 15) is 4.79 Å². The molecular weight excluding hydrogens is 242 g/mol. The van der Waals surface area contributed by atoms with Gasteiger partial charge in [-0.2, -0.15) is 0 Å². The van der Waals surface area contributed by atoms with Crippen LogP contribution in [0.5, 0.6) is 11.5 Å². The lowest BCUT2D eigenvalue weighted by molar-refractivity contribution is -0.118. The molecule has 1 unspecified atom stereocenters. The fraction of sp³-hybridized carbons (Fsp3) is 0.533. The maximum absolute atomic E-state index is 11.5. The van der Waals surface area contributed by atoms with Crippen LogP contribution in [0.3, 0.4) is 0 Å². The Kier molecular flexibility index (Phi) is 3.19. The highest BCUT2D eigenvalue weighted by Gasteiger charge is 2.28. The molecule has 0 bridgehead atoms.